The number of aliphatic hydroxyl groups excluding tert-OH is 2. The summed E-state index contributed by atoms with van der Waals surface area (Å²) in [5.74, 6) is 0.249. The lowest BCUT2D eigenvalue weighted by Crippen LogP contribution is -2.41. The topological polar surface area (TPSA) is 161 Å². The molecule has 6 N–H and O–H groups in total. The molecule has 0 bridgehead atoms. The van der Waals surface area contributed by atoms with Crippen molar-refractivity contribution in [2.24, 2.45) is 5.73 Å². The minimum Gasteiger partial charge on any atom is -0.491 e. The van der Waals surface area contributed by atoms with E-state index >= 15 is 0 Å². The highest BCUT2D eigenvalue weighted by molar-refractivity contribution is 5.90. The number of anilines is 3. The van der Waals surface area contributed by atoms with Crippen LogP contribution in [-0.2, 0) is 14.3 Å². The average molecular weight is 472 g/mol. The lowest BCUT2D eigenvalue weighted by atomic mass is 10.0. The minimum atomic E-state index is -1.30. The Bertz CT molecular complexity index is 1070. The Morgan fingerprint density at radius 3 is 2.47 bits per heavy atom. The number of hydrogen-bond acceptors (Lipinski definition) is 9. The molecule has 0 saturated carbocycles. The van der Waals surface area contributed by atoms with Gasteiger partial charge in [-0.3, -0.25) is 9.36 Å². The lowest BCUT2D eigenvalue weighted by Gasteiger charge is -2.27. The lowest BCUT2D eigenvalue weighted by molar-refractivity contribution is -0.116. The highest BCUT2D eigenvalue weighted by Crippen LogP contribution is 2.33. The molecule has 3 heterocycles. The molecule has 1 amide bonds. The number of rotatable bonds is 10. The van der Waals surface area contributed by atoms with Gasteiger partial charge in [-0.25, -0.2) is 4.79 Å². The van der Waals surface area contributed by atoms with Gasteiger partial charge in [-0.05, 0) is 55.8 Å². The van der Waals surface area contributed by atoms with Crippen LogP contribution in [0.5, 0.6) is 0 Å². The molecule has 1 aromatic carbocycles. The first-order chi connectivity index (χ1) is 16.5. The molecule has 11 heteroatoms. The summed E-state index contributed by atoms with van der Waals surface area (Å²) in [6.45, 7) is 0.633. The molecular formula is C23H29N5O6. The first-order valence-corrected chi connectivity index (χ1v) is 11.3. The predicted molar refractivity (Wildman–Crippen MR) is 124 cm³/mol. The van der Waals surface area contributed by atoms with Crippen LogP contribution in [0.15, 0.2) is 53.7 Å². The van der Waals surface area contributed by atoms with E-state index < -0.39 is 36.3 Å². The molecule has 182 valence electrons. The molecular weight excluding hydrogens is 442 g/mol. The molecule has 0 spiro atoms. The van der Waals surface area contributed by atoms with E-state index in [2.05, 4.69) is 15.6 Å². The largest absolute Gasteiger partial charge is 0.491 e. The van der Waals surface area contributed by atoms with E-state index in [4.69, 9.17) is 15.2 Å². The third kappa shape index (κ3) is 5.45. The molecule has 2 aliphatic rings. The van der Waals surface area contributed by atoms with Gasteiger partial charge in [-0.2, -0.15) is 4.98 Å². The Morgan fingerprint density at radius 2 is 1.82 bits per heavy atom. The second-order valence-corrected chi connectivity index (χ2v) is 8.25. The maximum atomic E-state index is 12.6. The molecule has 2 aliphatic heterocycles. The quantitative estimate of drug-likeness (QED) is 0.318. The summed E-state index contributed by atoms with van der Waals surface area (Å²) in [6, 6.07) is 8.58. The Labute approximate surface area is 196 Å². The zero-order valence-electron chi connectivity index (χ0n) is 18.5. The van der Waals surface area contributed by atoms with Gasteiger partial charge < -0.3 is 36.1 Å². The molecule has 34 heavy (non-hydrogen) atoms. The number of nitrogens with two attached hydrogens (primary N) is 1. The highest BCUT2D eigenvalue weighted by Gasteiger charge is 2.48. The Kier molecular flexibility index (Phi) is 7.58. The summed E-state index contributed by atoms with van der Waals surface area (Å²) in [5, 5.41) is 26.5. The number of carbonyl (C=O) groups is 1. The molecule has 1 saturated heterocycles. The normalized spacial score (nSPS) is 25.4. The van der Waals surface area contributed by atoms with Crippen LogP contribution in [0.2, 0.25) is 0 Å². The fourth-order valence-corrected chi connectivity index (χ4v) is 3.83. The molecule has 2 aromatic rings. The zero-order chi connectivity index (χ0) is 24.1. The number of nitrogens with one attached hydrogen (secondary N) is 2. The first kappa shape index (κ1) is 23.9. The van der Waals surface area contributed by atoms with Crippen LogP contribution < -0.4 is 22.1 Å². The van der Waals surface area contributed by atoms with Crippen LogP contribution in [0.4, 0.5) is 17.2 Å². The summed E-state index contributed by atoms with van der Waals surface area (Å²) in [5.41, 5.74) is 6.15. The van der Waals surface area contributed by atoms with Crippen molar-refractivity contribution in [3.63, 3.8) is 0 Å². The number of unbranched alkanes of at least 4 members (excludes halogenated alkanes) is 2. The van der Waals surface area contributed by atoms with Crippen molar-refractivity contribution in [1.29, 1.82) is 0 Å². The molecule has 1 fully saturated rings. The van der Waals surface area contributed by atoms with Gasteiger partial charge in [0.2, 0.25) is 5.91 Å². The molecule has 1 aromatic heterocycles. The van der Waals surface area contributed by atoms with Gasteiger partial charge in [0, 0.05) is 24.0 Å². The monoisotopic (exact) mass is 471 g/mol. The summed E-state index contributed by atoms with van der Waals surface area (Å²) < 4.78 is 12.0. The molecule has 0 aliphatic carbocycles. The Hall–Kier alpha value is -3.25. The molecule has 4 rings (SSSR count). The standard InChI is InChI=1S/C23H29N5O6/c24-11-3-1-2-4-18(29)26-15-7-5-14(6-8-15)25-17-9-12-28(23(32)27-17)22-20(31)19(30)21(34-22)16-10-13-33-16/h5-10,12-13,16,19-22,30-31H,1-4,11,24H2,(H,26,29)(H,25,27,32)/t16?,19-,20+,21+,22+/m0/s1. The molecule has 11 nitrogen and oxygen atoms in total. The number of benzene rings is 1. The Balaban J connectivity index is 1.34. The Morgan fingerprint density at radius 1 is 1.09 bits per heavy atom. The van der Waals surface area contributed by atoms with Gasteiger partial charge in [0.15, 0.2) is 6.23 Å². The summed E-state index contributed by atoms with van der Waals surface area (Å²) >= 11 is 0. The number of aliphatic hydroxyl groups is 2. The van der Waals surface area contributed by atoms with Crippen molar-refractivity contribution in [2.45, 2.75) is 56.3 Å². The number of ether oxygens (including phenoxy) is 2. The van der Waals surface area contributed by atoms with Gasteiger partial charge in [0.1, 0.15) is 30.2 Å². The fourth-order valence-electron chi connectivity index (χ4n) is 3.83. The van der Waals surface area contributed by atoms with E-state index in [-0.39, 0.29) is 5.91 Å². The highest BCUT2D eigenvalue weighted by atomic mass is 16.6. The number of nitrogens with zero attached hydrogens (tertiary/aromatic N) is 2. The van der Waals surface area contributed by atoms with Crippen molar-refractivity contribution < 1.29 is 24.5 Å². The SMILES string of the molecule is NCCCCCC(=O)Nc1ccc(Nc2ccn([C@@H]3O[C@H](C4C=CO4)[C@@H](O)[C@H]3O)c(=O)n2)cc1. The number of carbonyl (C=O) groups excluding carboxylic acids is 1. The predicted octanol–water partition coefficient (Wildman–Crippen LogP) is 0.976. The van der Waals surface area contributed by atoms with E-state index in [1.165, 1.54) is 12.5 Å². The minimum absolute atomic E-state index is 0.0495. The average Bonchev–Trinajstić information content (AvgIpc) is 3.06. The van der Waals surface area contributed by atoms with Gasteiger partial charge >= 0.3 is 5.69 Å². The summed E-state index contributed by atoms with van der Waals surface area (Å²) in [7, 11) is 0. The molecule has 1 unspecified atom stereocenters. The van der Waals surface area contributed by atoms with Crippen LogP contribution in [0, 0.1) is 0 Å². The second kappa shape index (κ2) is 10.8. The summed E-state index contributed by atoms with van der Waals surface area (Å²) in [6.07, 6.45) is 2.88. The first-order valence-electron chi connectivity index (χ1n) is 11.3. The van der Waals surface area contributed by atoms with Crippen molar-refractivity contribution in [1.82, 2.24) is 9.55 Å². The van der Waals surface area contributed by atoms with E-state index in [9.17, 15) is 19.8 Å². The van der Waals surface area contributed by atoms with Crippen LogP contribution >= 0.6 is 0 Å². The van der Waals surface area contributed by atoms with Crippen LogP contribution in [0.1, 0.15) is 31.9 Å². The molecule has 5 atom stereocenters. The fraction of sp³-hybridized carbons (Fsp3) is 0.435. The van der Waals surface area contributed by atoms with Gasteiger partial charge in [0.25, 0.3) is 0 Å². The van der Waals surface area contributed by atoms with Gasteiger partial charge in [0.05, 0.1) is 6.26 Å². The van der Waals surface area contributed by atoms with Crippen LogP contribution in [0.25, 0.3) is 0 Å². The van der Waals surface area contributed by atoms with E-state index in [0.29, 0.717) is 30.2 Å². The zero-order valence-corrected chi connectivity index (χ0v) is 18.5. The van der Waals surface area contributed by atoms with E-state index in [1.807, 2.05) is 0 Å². The van der Waals surface area contributed by atoms with Gasteiger partial charge in [-0.15, -0.1) is 0 Å². The smallest absolute Gasteiger partial charge is 0.351 e. The molecule has 0 radical (unpaired) electrons. The van der Waals surface area contributed by atoms with Gasteiger partial charge in [-0.1, -0.05) is 6.42 Å². The van der Waals surface area contributed by atoms with E-state index in [0.717, 1.165) is 23.8 Å². The third-order valence-corrected chi connectivity index (χ3v) is 5.76. The van der Waals surface area contributed by atoms with Crippen LogP contribution in [0.3, 0.4) is 0 Å². The van der Waals surface area contributed by atoms with Crippen molar-refractivity contribution >= 4 is 23.1 Å². The van der Waals surface area contributed by atoms with Crippen molar-refractivity contribution in [2.75, 3.05) is 17.2 Å². The maximum Gasteiger partial charge on any atom is 0.351 e. The number of amides is 1. The van der Waals surface area contributed by atoms with Crippen molar-refractivity contribution in [3.05, 3.63) is 59.4 Å². The number of aromatic nitrogens is 2. The second-order valence-electron chi connectivity index (χ2n) is 8.25. The number of hydrogen-bond donors (Lipinski definition) is 5. The van der Waals surface area contributed by atoms with Crippen LogP contribution in [-0.4, -0.2) is 56.6 Å². The maximum absolute atomic E-state index is 12.6. The summed E-state index contributed by atoms with van der Waals surface area (Å²) in [4.78, 5) is 28.6. The van der Waals surface area contributed by atoms with E-state index in [1.54, 1.807) is 36.4 Å². The third-order valence-electron chi connectivity index (χ3n) is 5.76. The van der Waals surface area contributed by atoms with Crippen molar-refractivity contribution in [3.8, 4) is 0 Å².